The Bertz CT molecular complexity index is 370. The van der Waals surface area contributed by atoms with Crippen LogP contribution in [0.4, 0.5) is 10.5 Å². The van der Waals surface area contributed by atoms with Crippen molar-refractivity contribution in [3.05, 3.63) is 29.8 Å². The third-order valence-corrected chi connectivity index (χ3v) is 2.53. The average Bonchev–Trinajstić information content (AvgIpc) is 3.10. The van der Waals surface area contributed by atoms with Crippen molar-refractivity contribution >= 4 is 11.8 Å². The van der Waals surface area contributed by atoms with Crippen molar-refractivity contribution in [2.75, 3.05) is 25.2 Å². The number of methoxy groups -OCH3 is 1. The summed E-state index contributed by atoms with van der Waals surface area (Å²) in [7, 11) is 1.39. The van der Waals surface area contributed by atoms with Crippen LogP contribution in [0.5, 0.6) is 0 Å². The van der Waals surface area contributed by atoms with E-state index < -0.39 is 0 Å². The zero-order chi connectivity index (χ0) is 11.5. The molecule has 1 aromatic carbocycles. The van der Waals surface area contributed by atoms with E-state index in [1.165, 1.54) is 7.11 Å². The highest BCUT2D eigenvalue weighted by atomic mass is 16.6. The Morgan fingerprint density at radius 3 is 2.62 bits per heavy atom. The van der Waals surface area contributed by atoms with E-state index >= 15 is 0 Å². The van der Waals surface area contributed by atoms with Gasteiger partial charge in [-0.1, -0.05) is 17.7 Å². The molecule has 0 radical (unpaired) electrons. The van der Waals surface area contributed by atoms with Crippen molar-refractivity contribution in [1.29, 1.82) is 0 Å². The Labute approximate surface area is 94.8 Å². The predicted octanol–water partition coefficient (Wildman–Crippen LogP) is 1.97. The number of aryl methyl sites for hydroxylation is 1. The van der Waals surface area contributed by atoms with Gasteiger partial charge in [0.05, 0.1) is 26.4 Å². The lowest BCUT2D eigenvalue weighted by Gasteiger charge is -2.20. The molecule has 16 heavy (non-hydrogen) atoms. The zero-order valence-electron chi connectivity index (χ0n) is 9.47. The van der Waals surface area contributed by atoms with Crippen molar-refractivity contribution < 1.29 is 14.3 Å². The lowest BCUT2D eigenvalue weighted by molar-refractivity contribution is 0.178. The van der Waals surface area contributed by atoms with Crippen molar-refractivity contribution in [1.82, 2.24) is 0 Å². The first-order valence-electron chi connectivity index (χ1n) is 5.24. The maximum Gasteiger partial charge on any atom is 0.414 e. The topological polar surface area (TPSA) is 42.1 Å². The molecule has 0 unspecified atom stereocenters. The molecule has 0 spiro atoms. The van der Waals surface area contributed by atoms with E-state index in [0.717, 1.165) is 17.9 Å². The van der Waals surface area contributed by atoms with E-state index in [1.54, 1.807) is 4.90 Å². The molecule has 1 saturated heterocycles. The van der Waals surface area contributed by atoms with E-state index in [1.807, 2.05) is 31.2 Å². The van der Waals surface area contributed by atoms with Gasteiger partial charge in [0, 0.05) is 5.69 Å². The first-order chi connectivity index (χ1) is 7.70. The molecule has 1 amide bonds. The third kappa shape index (κ3) is 2.52. The average molecular weight is 221 g/mol. The standard InChI is InChI=1S/C12H15NO3/c1-9-3-5-10(6-4-9)13(12(14)15-2)7-11-8-16-11/h3-6,11H,7-8H2,1-2H3/t11-/m0/s1. The van der Waals surface area contributed by atoms with Crippen molar-refractivity contribution in [2.45, 2.75) is 13.0 Å². The lowest BCUT2D eigenvalue weighted by atomic mass is 10.2. The summed E-state index contributed by atoms with van der Waals surface area (Å²) in [6.07, 6.45) is -0.195. The molecule has 1 aliphatic rings. The molecular weight excluding hydrogens is 206 g/mol. The molecule has 0 bridgehead atoms. The third-order valence-electron chi connectivity index (χ3n) is 2.53. The molecule has 0 N–H and O–H groups in total. The van der Waals surface area contributed by atoms with Gasteiger partial charge in [-0.2, -0.15) is 0 Å². The number of amides is 1. The van der Waals surface area contributed by atoms with Crippen LogP contribution in [0.3, 0.4) is 0 Å². The van der Waals surface area contributed by atoms with Gasteiger partial charge >= 0.3 is 6.09 Å². The molecule has 1 aromatic rings. The second kappa shape index (κ2) is 4.53. The number of ether oxygens (including phenoxy) is 2. The molecule has 0 aromatic heterocycles. The van der Waals surface area contributed by atoms with Crippen LogP contribution in [0.1, 0.15) is 5.56 Å². The largest absolute Gasteiger partial charge is 0.452 e. The monoisotopic (exact) mass is 221 g/mol. The maximum absolute atomic E-state index is 11.6. The molecule has 2 rings (SSSR count). The summed E-state index contributed by atoms with van der Waals surface area (Å²) in [6, 6.07) is 7.77. The van der Waals surface area contributed by atoms with Gasteiger partial charge in [0.1, 0.15) is 0 Å². The molecular formula is C12H15NO3. The minimum atomic E-state index is -0.348. The van der Waals surface area contributed by atoms with E-state index in [4.69, 9.17) is 9.47 Å². The van der Waals surface area contributed by atoms with Gasteiger partial charge in [-0.25, -0.2) is 4.79 Å². The SMILES string of the molecule is COC(=O)N(C[C@H]1CO1)c1ccc(C)cc1. The van der Waals surface area contributed by atoms with Gasteiger partial charge in [0.2, 0.25) is 0 Å². The van der Waals surface area contributed by atoms with Crippen LogP contribution in [-0.4, -0.2) is 32.5 Å². The number of anilines is 1. The minimum Gasteiger partial charge on any atom is -0.452 e. The number of hydrogen-bond acceptors (Lipinski definition) is 3. The highest BCUT2D eigenvalue weighted by Gasteiger charge is 2.29. The summed E-state index contributed by atoms with van der Waals surface area (Å²) in [4.78, 5) is 13.2. The molecule has 0 saturated carbocycles. The van der Waals surface area contributed by atoms with Crippen LogP contribution in [0.25, 0.3) is 0 Å². The molecule has 4 nitrogen and oxygen atoms in total. The molecule has 86 valence electrons. The molecule has 1 aliphatic heterocycles. The van der Waals surface area contributed by atoms with Gasteiger partial charge in [-0.15, -0.1) is 0 Å². The summed E-state index contributed by atoms with van der Waals surface area (Å²) in [6.45, 7) is 3.28. The van der Waals surface area contributed by atoms with Crippen LogP contribution in [-0.2, 0) is 9.47 Å². The highest BCUT2D eigenvalue weighted by Crippen LogP contribution is 2.20. The van der Waals surface area contributed by atoms with E-state index in [0.29, 0.717) is 6.54 Å². The van der Waals surface area contributed by atoms with Crippen LogP contribution < -0.4 is 4.90 Å². The molecule has 0 aliphatic carbocycles. The number of epoxide rings is 1. The van der Waals surface area contributed by atoms with E-state index in [9.17, 15) is 4.79 Å². The van der Waals surface area contributed by atoms with Gasteiger partial charge in [-0.05, 0) is 19.1 Å². The number of carbonyl (C=O) groups is 1. The fourth-order valence-corrected chi connectivity index (χ4v) is 1.50. The molecule has 1 fully saturated rings. The Balaban J connectivity index is 2.15. The van der Waals surface area contributed by atoms with Gasteiger partial charge in [0.25, 0.3) is 0 Å². The second-order valence-electron chi connectivity index (χ2n) is 3.87. The zero-order valence-corrected chi connectivity index (χ0v) is 9.47. The van der Waals surface area contributed by atoms with Crippen LogP contribution in [0.2, 0.25) is 0 Å². The molecule has 1 atom stereocenters. The van der Waals surface area contributed by atoms with E-state index in [2.05, 4.69) is 0 Å². The number of nitrogens with zero attached hydrogens (tertiary/aromatic N) is 1. The van der Waals surface area contributed by atoms with Gasteiger partial charge in [-0.3, -0.25) is 4.90 Å². The highest BCUT2D eigenvalue weighted by molar-refractivity contribution is 5.87. The first kappa shape index (κ1) is 11.0. The van der Waals surface area contributed by atoms with Gasteiger partial charge in [0.15, 0.2) is 0 Å². The molecule has 1 heterocycles. The van der Waals surface area contributed by atoms with Crippen molar-refractivity contribution in [2.24, 2.45) is 0 Å². The quantitative estimate of drug-likeness (QED) is 0.733. The Morgan fingerprint density at radius 1 is 1.50 bits per heavy atom. The number of hydrogen-bond donors (Lipinski definition) is 0. The summed E-state index contributed by atoms with van der Waals surface area (Å²) < 4.78 is 9.89. The summed E-state index contributed by atoms with van der Waals surface area (Å²) >= 11 is 0. The smallest absolute Gasteiger partial charge is 0.414 e. The van der Waals surface area contributed by atoms with Crippen LogP contribution in [0, 0.1) is 6.92 Å². The Morgan fingerprint density at radius 2 is 2.12 bits per heavy atom. The van der Waals surface area contributed by atoms with Crippen molar-refractivity contribution in [3.63, 3.8) is 0 Å². The predicted molar refractivity (Wildman–Crippen MR) is 60.7 cm³/mol. The number of benzene rings is 1. The molecule has 4 heteroatoms. The summed E-state index contributed by atoms with van der Waals surface area (Å²) in [5.41, 5.74) is 2.00. The fraction of sp³-hybridized carbons (Fsp3) is 0.417. The maximum atomic E-state index is 11.6. The van der Waals surface area contributed by atoms with Crippen molar-refractivity contribution in [3.8, 4) is 0 Å². The van der Waals surface area contributed by atoms with Crippen LogP contribution >= 0.6 is 0 Å². The second-order valence-corrected chi connectivity index (χ2v) is 3.87. The lowest BCUT2D eigenvalue weighted by Crippen LogP contribution is -2.34. The summed E-state index contributed by atoms with van der Waals surface area (Å²) in [5, 5.41) is 0. The Hall–Kier alpha value is -1.55. The van der Waals surface area contributed by atoms with Gasteiger partial charge < -0.3 is 9.47 Å². The van der Waals surface area contributed by atoms with Crippen LogP contribution in [0.15, 0.2) is 24.3 Å². The summed E-state index contributed by atoms with van der Waals surface area (Å²) in [5.74, 6) is 0. The fourth-order valence-electron chi connectivity index (χ4n) is 1.50. The normalized spacial score (nSPS) is 18.0. The van der Waals surface area contributed by atoms with E-state index in [-0.39, 0.29) is 12.2 Å². The number of carbonyl (C=O) groups excluding carboxylic acids is 1. The minimum absolute atomic E-state index is 0.153. The number of rotatable bonds is 3. The Kier molecular flexibility index (Phi) is 3.10. The first-order valence-corrected chi connectivity index (χ1v) is 5.24.